The predicted octanol–water partition coefficient (Wildman–Crippen LogP) is 3.43. The van der Waals surface area contributed by atoms with Gasteiger partial charge in [-0.1, -0.05) is 13.0 Å². The highest BCUT2D eigenvalue weighted by molar-refractivity contribution is 9.10. The Labute approximate surface area is 151 Å². The van der Waals surface area contributed by atoms with E-state index in [-0.39, 0.29) is 23.9 Å². The van der Waals surface area contributed by atoms with E-state index >= 15 is 0 Å². The van der Waals surface area contributed by atoms with E-state index in [1.54, 1.807) is 12.0 Å². The highest BCUT2D eigenvalue weighted by atomic mass is 79.9. The number of ether oxygens (including phenoxy) is 1. The smallest absolute Gasteiger partial charge is 0.243 e. The van der Waals surface area contributed by atoms with Gasteiger partial charge in [0.2, 0.25) is 11.8 Å². The van der Waals surface area contributed by atoms with Crippen molar-refractivity contribution < 1.29 is 14.3 Å². The van der Waals surface area contributed by atoms with Crippen molar-refractivity contribution in [3.63, 3.8) is 0 Å². The van der Waals surface area contributed by atoms with Crippen LogP contribution in [0.15, 0.2) is 22.7 Å². The molecule has 0 aliphatic carbocycles. The van der Waals surface area contributed by atoms with Crippen LogP contribution in [0, 0.1) is 0 Å². The van der Waals surface area contributed by atoms with Gasteiger partial charge in [0.25, 0.3) is 0 Å². The number of carbonyl (C=O) groups is 2. The number of nitrogens with one attached hydrogen (secondary N) is 1. The van der Waals surface area contributed by atoms with Crippen molar-refractivity contribution in [3.8, 4) is 5.75 Å². The van der Waals surface area contributed by atoms with Crippen molar-refractivity contribution >= 4 is 27.7 Å². The van der Waals surface area contributed by atoms with Crippen LogP contribution in [-0.4, -0.2) is 36.4 Å². The summed E-state index contributed by atoms with van der Waals surface area (Å²) in [5.74, 6) is 0.760. The van der Waals surface area contributed by atoms with Gasteiger partial charge in [0.15, 0.2) is 0 Å². The molecule has 0 aromatic heterocycles. The summed E-state index contributed by atoms with van der Waals surface area (Å²) in [6.45, 7) is 4.60. The summed E-state index contributed by atoms with van der Waals surface area (Å²) < 4.78 is 6.08. The summed E-state index contributed by atoms with van der Waals surface area (Å²) in [6.07, 6.45) is 2.93. The molecule has 1 saturated heterocycles. The molecule has 1 N–H and O–H groups in total. The highest BCUT2D eigenvalue weighted by Crippen LogP contribution is 2.28. The number of benzene rings is 1. The number of methoxy groups -OCH3 is 1. The second kappa shape index (κ2) is 8.51. The average Bonchev–Trinajstić information content (AvgIpc) is 3.04. The van der Waals surface area contributed by atoms with Crippen LogP contribution in [0.3, 0.4) is 0 Å². The van der Waals surface area contributed by atoms with Gasteiger partial charge in [0.05, 0.1) is 17.6 Å². The number of carbonyl (C=O) groups excluding carboxylic acids is 2. The normalized spacial score (nSPS) is 18.3. The van der Waals surface area contributed by atoms with Crippen molar-refractivity contribution in [2.75, 3.05) is 13.7 Å². The van der Waals surface area contributed by atoms with E-state index in [4.69, 9.17) is 4.74 Å². The number of nitrogens with zero attached hydrogens (tertiary/aromatic N) is 1. The molecule has 1 heterocycles. The molecule has 1 aliphatic heterocycles. The van der Waals surface area contributed by atoms with Gasteiger partial charge in [0, 0.05) is 13.0 Å². The van der Waals surface area contributed by atoms with Crippen LogP contribution >= 0.6 is 15.9 Å². The van der Waals surface area contributed by atoms with E-state index in [9.17, 15) is 9.59 Å². The first kappa shape index (κ1) is 18.8. The molecular weight excluding hydrogens is 372 g/mol. The molecule has 24 heavy (non-hydrogen) atoms. The number of halogens is 1. The lowest BCUT2D eigenvalue weighted by Crippen LogP contribution is -2.46. The number of amides is 2. The maximum absolute atomic E-state index is 12.6. The first-order chi connectivity index (χ1) is 11.5. The molecule has 2 amide bonds. The fraction of sp³-hybridized carbons (Fsp3) is 0.556. The summed E-state index contributed by atoms with van der Waals surface area (Å²) in [5, 5.41) is 3.04. The molecule has 1 aliphatic rings. The molecule has 1 aromatic carbocycles. The van der Waals surface area contributed by atoms with Crippen molar-refractivity contribution in [1.29, 1.82) is 0 Å². The van der Waals surface area contributed by atoms with Crippen LogP contribution in [0.2, 0.25) is 0 Å². The Morgan fingerprint density at radius 1 is 1.46 bits per heavy atom. The van der Waals surface area contributed by atoms with E-state index in [0.717, 1.165) is 35.0 Å². The van der Waals surface area contributed by atoms with Crippen molar-refractivity contribution in [2.45, 2.75) is 51.6 Å². The Morgan fingerprint density at radius 3 is 2.83 bits per heavy atom. The van der Waals surface area contributed by atoms with Crippen molar-refractivity contribution in [3.05, 3.63) is 28.2 Å². The third kappa shape index (κ3) is 4.29. The molecule has 0 radical (unpaired) electrons. The minimum absolute atomic E-state index is 0.0728. The summed E-state index contributed by atoms with van der Waals surface area (Å²) in [7, 11) is 1.62. The second-order valence-electron chi connectivity index (χ2n) is 6.12. The first-order valence-corrected chi connectivity index (χ1v) is 9.20. The average molecular weight is 397 g/mol. The molecule has 2 rings (SSSR count). The molecular formula is C18H25BrN2O3. The molecule has 6 heteroatoms. The fourth-order valence-corrected chi connectivity index (χ4v) is 3.60. The van der Waals surface area contributed by atoms with Gasteiger partial charge in [-0.15, -0.1) is 0 Å². The van der Waals surface area contributed by atoms with E-state index in [2.05, 4.69) is 21.2 Å². The Morgan fingerprint density at radius 2 is 2.21 bits per heavy atom. The number of rotatable bonds is 6. The summed E-state index contributed by atoms with van der Waals surface area (Å²) in [4.78, 5) is 26.5. The lowest BCUT2D eigenvalue weighted by atomic mass is 10.1. The SMILES string of the molecule is CCCC(=O)N1CCCC1C(=O)NC(C)c1ccc(OC)c(Br)c1. The number of hydrogen-bond acceptors (Lipinski definition) is 3. The Balaban J connectivity index is 2.02. The third-order valence-electron chi connectivity index (χ3n) is 4.37. The number of likely N-dealkylation sites (tertiary alicyclic amines) is 1. The lowest BCUT2D eigenvalue weighted by molar-refractivity contribution is -0.138. The molecule has 2 unspecified atom stereocenters. The topological polar surface area (TPSA) is 58.6 Å². The Bertz CT molecular complexity index is 606. The predicted molar refractivity (Wildman–Crippen MR) is 96.9 cm³/mol. The van der Waals surface area contributed by atoms with Gasteiger partial charge >= 0.3 is 0 Å². The Kier molecular flexibility index (Phi) is 6.66. The van der Waals surface area contributed by atoms with Crippen LogP contribution in [0.4, 0.5) is 0 Å². The summed E-state index contributed by atoms with van der Waals surface area (Å²) >= 11 is 3.46. The molecule has 0 spiro atoms. The maximum Gasteiger partial charge on any atom is 0.243 e. The molecule has 0 bridgehead atoms. The zero-order valence-corrected chi connectivity index (χ0v) is 16.1. The van der Waals surface area contributed by atoms with Crippen LogP contribution in [0.1, 0.15) is 51.1 Å². The van der Waals surface area contributed by atoms with Crippen molar-refractivity contribution in [2.24, 2.45) is 0 Å². The molecule has 1 fully saturated rings. The van der Waals surface area contributed by atoms with Crippen molar-refractivity contribution in [1.82, 2.24) is 10.2 Å². The second-order valence-corrected chi connectivity index (χ2v) is 6.97. The van der Waals surface area contributed by atoms with Crippen LogP contribution in [-0.2, 0) is 9.59 Å². The van der Waals surface area contributed by atoms with Gasteiger partial charge < -0.3 is 15.0 Å². The van der Waals surface area contributed by atoms with Gasteiger partial charge in [-0.25, -0.2) is 0 Å². The van der Waals surface area contributed by atoms with Gasteiger partial charge in [-0.2, -0.15) is 0 Å². The minimum atomic E-state index is -0.340. The molecule has 1 aromatic rings. The quantitative estimate of drug-likeness (QED) is 0.800. The third-order valence-corrected chi connectivity index (χ3v) is 4.99. The van der Waals surface area contributed by atoms with E-state index in [1.165, 1.54) is 0 Å². The largest absolute Gasteiger partial charge is 0.496 e. The summed E-state index contributed by atoms with van der Waals surface area (Å²) in [6, 6.07) is 5.27. The van der Waals surface area contributed by atoms with Gasteiger partial charge in [-0.3, -0.25) is 9.59 Å². The van der Waals surface area contributed by atoms with Gasteiger partial charge in [-0.05, 0) is 59.8 Å². The fourth-order valence-electron chi connectivity index (χ4n) is 3.04. The van der Waals surface area contributed by atoms with Crippen LogP contribution in [0.25, 0.3) is 0 Å². The summed E-state index contributed by atoms with van der Waals surface area (Å²) in [5.41, 5.74) is 0.987. The molecule has 0 saturated carbocycles. The van der Waals surface area contributed by atoms with E-state index in [1.807, 2.05) is 32.0 Å². The highest BCUT2D eigenvalue weighted by Gasteiger charge is 2.34. The molecule has 132 valence electrons. The number of hydrogen-bond donors (Lipinski definition) is 1. The van der Waals surface area contributed by atoms with Gasteiger partial charge in [0.1, 0.15) is 11.8 Å². The van der Waals surface area contributed by atoms with E-state index in [0.29, 0.717) is 13.0 Å². The standard InChI is InChI=1S/C18H25BrN2O3/c1-4-6-17(22)21-10-5-7-15(21)18(23)20-12(2)13-8-9-16(24-3)14(19)11-13/h8-9,11-12,15H,4-7,10H2,1-3H3,(H,20,23). The van der Waals surface area contributed by atoms with Crippen LogP contribution < -0.4 is 10.1 Å². The van der Waals surface area contributed by atoms with Crippen LogP contribution in [0.5, 0.6) is 5.75 Å². The maximum atomic E-state index is 12.6. The zero-order valence-electron chi connectivity index (χ0n) is 14.5. The molecule has 5 nitrogen and oxygen atoms in total. The molecule has 2 atom stereocenters. The minimum Gasteiger partial charge on any atom is -0.496 e. The Hall–Kier alpha value is -1.56. The zero-order chi connectivity index (χ0) is 17.7. The first-order valence-electron chi connectivity index (χ1n) is 8.41. The lowest BCUT2D eigenvalue weighted by Gasteiger charge is -2.25. The van der Waals surface area contributed by atoms with E-state index < -0.39 is 0 Å². The monoisotopic (exact) mass is 396 g/mol.